The minimum absolute atomic E-state index is 0.0555. The van der Waals surface area contributed by atoms with Crippen LogP contribution in [0.5, 0.6) is 0 Å². The predicted molar refractivity (Wildman–Crippen MR) is 60.7 cm³/mol. The molecule has 1 atom stereocenters. The van der Waals surface area contributed by atoms with Crippen LogP contribution in [0.15, 0.2) is 24.3 Å². The summed E-state index contributed by atoms with van der Waals surface area (Å²) in [7, 11) is 0. The van der Waals surface area contributed by atoms with Crippen molar-refractivity contribution in [2.24, 2.45) is 0 Å². The predicted octanol–water partition coefficient (Wildman–Crippen LogP) is 2.02. The molecule has 80 valence electrons. The Kier molecular flexibility index (Phi) is 2.87. The Morgan fingerprint density at radius 2 is 2.00 bits per heavy atom. The summed E-state index contributed by atoms with van der Waals surface area (Å²) in [5.74, 6) is 0. The molecule has 0 aliphatic carbocycles. The number of aldehydes is 1. The largest absolute Gasteiger partial charge is 0.302 e. The summed E-state index contributed by atoms with van der Waals surface area (Å²) in [4.78, 5) is 13.3. The first-order valence-electron chi connectivity index (χ1n) is 5.50. The number of benzene rings is 1. The fraction of sp³-hybridized carbons (Fsp3) is 0.462. The van der Waals surface area contributed by atoms with Gasteiger partial charge >= 0.3 is 0 Å². The molecule has 0 fully saturated rings. The normalized spacial score (nSPS) is 21.4. The lowest BCUT2D eigenvalue weighted by Crippen LogP contribution is -2.45. The fourth-order valence-electron chi connectivity index (χ4n) is 2.26. The monoisotopic (exact) mass is 203 g/mol. The molecule has 0 unspecified atom stereocenters. The number of rotatable bonds is 2. The first-order chi connectivity index (χ1) is 7.22. The van der Waals surface area contributed by atoms with E-state index in [9.17, 15) is 4.79 Å². The van der Waals surface area contributed by atoms with Crippen LogP contribution in [-0.2, 0) is 17.8 Å². The molecule has 2 nitrogen and oxygen atoms in total. The zero-order chi connectivity index (χ0) is 10.8. The number of hydrogen-bond donors (Lipinski definition) is 0. The summed E-state index contributed by atoms with van der Waals surface area (Å²) in [6.45, 7) is 5.19. The van der Waals surface area contributed by atoms with E-state index in [1.165, 1.54) is 11.1 Å². The van der Waals surface area contributed by atoms with E-state index < -0.39 is 0 Å². The van der Waals surface area contributed by atoms with Crippen LogP contribution in [0.3, 0.4) is 0 Å². The number of carbonyl (C=O) groups is 1. The molecule has 2 rings (SSSR count). The molecule has 1 aliphatic rings. The van der Waals surface area contributed by atoms with Gasteiger partial charge in [0, 0.05) is 12.6 Å². The Labute approximate surface area is 90.9 Å². The minimum Gasteiger partial charge on any atom is -0.302 e. The molecular weight excluding hydrogens is 186 g/mol. The quantitative estimate of drug-likeness (QED) is 0.685. The summed E-state index contributed by atoms with van der Waals surface area (Å²) in [6.07, 6.45) is 1.94. The van der Waals surface area contributed by atoms with Gasteiger partial charge in [0.15, 0.2) is 0 Å². The molecule has 0 bridgehead atoms. The molecule has 0 amide bonds. The second-order valence-electron chi connectivity index (χ2n) is 4.44. The molecule has 0 spiro atoms. The highest BCUT2D eigenvalue weighted by atomic mass is 16.1. The van der Waals surface area contributed by atoms with E-state index in [-0.39, 0.29) is 6.04 Å². The number of carbonyl (C=O) groups excluding carboxylic acids is 1. The zero-order valence-electron chi connectivity index (χ0n) is 9.31. The number of fused-ring (bicyclic) bond motifs is 1. The van der Waals surface area contributed by atoms with Crippen molar-refractivity contribution >= 4 is 6.29 Å². The van der Waals surface area contributed by atoms with E-state index in [0.717, 1.165) is 19.3 Å². The molecule has 0 saturated heterocycles. The van der Waals surface area contributed by atoms with Gasteiger partial charge in [-0.3, -0.25) is 4.90 Å². The average molecular weight is 203 g/mol. The lowest BCUT2D eigenvalue weighted by molar-refractivity contribution is -0.113. The van der Waals surface area contributed by atoms with E-state index in [1.54, 1.807) is 0 Å². The van der Waals surface area contributed by atoms with Crippen molar-refractivity contribution in [1.29, 1.82) is 0 Å². The van der Waals surface area contributed by atoms with Gasteiger partial charge in [-0.15, -0.1) is 0 Å². The summed E-state index contributed by atoms with van der Waals surface area (Å²) >= 11 is 0. The molecular formula is C13H17NO. The lowest BCUT2D eigenvalue weighted by Gasteiger charge is -2.36. The van der Waals surface area contributed by atoms with Crippen molar-refractivity contribution in [2.45, 2.75) is 38.9 Å². The maximum atomic E-state index is 11.0. The Morgan fingerprint density at radius 1 is 1.33 bits per heavy atom. The highest BCUT2D eigenvalue weighted by Crippen LogP contribution is 2.23. The molecule has 1 aromatic carbocycles. The highest BCUT2D eigenvalue weighted by molar-refractivity contribution is 5.59. The van der Waals surface area contributed by atoms with Gasteiger partial charge in [-0.2, -0.15) is 0 Å². The van der Waals surface area contributed by atoms with Crippen molar-refractivity contribution in [3.8, 4) is 0 Å². The van der Waals surface area contributed by atoms with Crippen LogP contribution in [0.2, 0.25) is 0 Å². The van der Waals surface area contributed by atoms with Crippen LogP contribution in [0, 0.1) is 0 Å². The first kappa shape index (κ1) is 10.4. The van der Waals surface area contributed by atoms with Gasteiger partial charge in [-0.1, -0.05) is 24.3 Å². The van der Waals surface area contributed by atoms with Crippen molar-refractivity contribution in [3.05, 3.63) is 35.4 Å². The van der Waals surface area contributed by atoms with Crippen molar-refractivity contribution in [1.82, 2.24) is 4.90 Å². The third-order valence-electron chi connectivity index (χ3n) is 3.15. The zero-order valence-corrected chi connectivity index (χ0v) is 9.31. The third kappa shape index (κ3) is 1.95. The van der Waals surface area contributed by atoms with E-state index in [2.05, 4.69) is 36.9 Å². The lowest BCUT2D eigenvalue weighted by atomic mass is 9.94. The fourth-order valence-corrected chi connectivity index (χ4v) is 2.26. The molecule has 1 heterocycles. The highest BCUT2D eigenvalue weighted by Gasteiger charge is 2.26. The van der Waals surface area contributed by atoms with E-state index in [4.69, 9.17) is 0 Å². The molecule has 2 heteroatoms. The molecule has 1 aromatic rings. The van der Waals surface area contributed by atoms with Gasteiger partial charge in [-0.25, -0.2) is 0 Å². The summed E-state index contributed by atoms with van der Waals surface area (Å²) < 4.78 is 0. The summed E-state index contributed by atoms with van der Waals surface area (Å²) in [6, 6.07) is 8.88. The van der Waals surface area contributed by atoms with Crippen LogP contribution in [0.1, 0.15) is 25.0 Å². The molecule has 0 N–H and O–H groups in total. The molecule has 0 saturated carbocycles. The van der Waals surface area contributed by atoms with Crippen molar-refractivity contribution < 1.29 is 4.79 Å². The molecule has 0 radical (unpaired) electrons. The van der Waals surface area contributed by atoms with Gasteiger partial charge in [0.05, 0.1) is 6.04 Å². The maximum Gasteiger partial charge on any atom is 0.137 e. The molecule has 0 aromatic heterocycles. The van der Waals surface area contributed by atoms with E-state index in [0.29, 0.717) is 6.04 Å². The Morgan fingerprint density at radius 3 is 2.60 bits per heavy atom. The van der Waals surface area contributed by atoms with Crippen LogP contribution < -0.4 is 0 Å². The SMILES string of the molecule is CC(C)N1Cc2ccccc2C[C@@H]1C=O. The summed E-state index contributed by atoms with van der Waals surface area (Å²) in [5.41, 5.74) is 2.69. The summed E-state index contributed by atoms with van der Waals surface area (Å²) in [5, 5.41) is 0. The van der Waals surface area contributed by atoms with Gasteiger partial charge in [0.1, 0.15) is 6.29 Å². The third-order valence-corrected chi connectivity index (χ3v) is 3.15. The minimum atomic E-state index is 0.0555. The van der Waals surface area contributed by atoms with Crippen molar-refractivity contribution in [3.63, 3.8) is 0 Å². The second-order valence-corrected chi connectivity index (χ2v) is 4.44. The van der Waals surface area contributed by atoms with Gasteiger partial charge in [0.25, 0.3) is 0 Å². The van der Waals surface area contributed by atoms with E-state index in [1.807, 2.05) is 6.07 Å². The van der Waals surface area contributed by atoms with Crippen molar-refractivity contribution in [2.75, 3.05) is 0 Å². The molecule has 15 heavy (non-hydrogen) atoms. The second kappa shape index (κ2) is 4.15. The number of nitrogens with zero attached hydrogens (tertiary/aromatic N) is 1. The van der Waals surface area contributed by atoms with Crippen LogP contribution in [0.4, 0.5) is 0 Å². The maximum absolute atomic E-state index is 11.0. The van der Waals surface area contributed by atoms with Crippen LogP contribution in [-0.4, -0.2) is 23.3 Å². The Hall–Kier alpha value is -1.15. The Bertz CT molecular complexity index is 359. The Balaban J connectivity index is 2.30. The first-order valence-corrected chi connectivity index (χ1v) is 5.50. The van der Waals surface area contributed by atoms with Gasteiger partial charge in [-0.05, 0) is 31.4 Å². The topological polar surface area (TPSA) is 20.3 Å². The molecule has 1 aliphatic heterocycles. The standard InChI is InChI=1S/C13H17NO/c1-10(2)14-8-12-6-4-3-5-11(12)7-13(14)9-15/h3-6,9-10,13H,7-8H2,1-2H3/t13-/m1/s1. The van der Waals surface area contributed by atoms with E-state index >= 15 is 0 Å². The van der Waals surface area contributed by atoms with Crippen LogP contribution in [0.25, 0.3) is 0 Å². The van der Waals surface area contributed by atoms with Gasteiger partial charge in [0.2, 0.25) is 0 Å². The smallest absolute Gasteiger partial charge is 0.137 e. The number of hydrogen-bond acceptors (Lipinski definition) is 2. The van der Waals surface area contributed by atoms with Gasteiger partial charge < -0.3 is 4.79 Å². The van der Waals surface area contributed by atoms with Crippen LogP contribution >= 0.6 is 0 Å². The average Bonchev–Trinajstić information content (AvgIpc) is 2.27.